The first-order chi connectivity index (χ1) is 13.5. The Morgan fingerprint density at radius 3 is 2.57 bits per heavy atom. The maximum Gasteiger partial charge on any atom is 0.191 e. The van der Waals surface area contributed by atoms with Crippen molar-refractivity contribution < 1.29 is 0 Å². The van der Waals surface area contributed by atoms with E-state index in [1.54, 1.807) is 6.21 Å². The molecule has 0 amide bonds. The fourth-order valence-electron chi connectivity index (χ4n) is 2.77. The van der Waals surface area contributed by atoms with Crippen molar-refractivity contribution in [1.82, 2.24) is 9.99 Å². The summed E-state index contributed by atoms with van der Waals surface area (Å²) >= 11 is 11.6. The van der Waals surface area contributed by atoms with Gasteiger partial charge in [0, 0.05) is 23.5 Å². The van der Waals surface area contributed by atoms with Crippen LogP contribution < -0.4 is 10.7 Å². The van der Waals surface area contributed by atoms with Crippen LogP contribution in [-0.2, 0) is 6.54 Å². The Morgan fingerprint density at radius 2 is 1.86 bits per heavy atom. The van der Waals surface area contributed by atoms with Gasteiger partial charge in [-0.05, 0) is 59.6 Å². The van der Waals surface area contributed by atoms with Gasteiger partial charge in [-0.15, -0.1) is 0 Å². The molecule has 144 valence electrons. The van der Waals surface area contributed by atoms with E-state index in [1.807, 2.05) is 54.7 Å². The summed E-state index contributed by atoms with van der Waals surface area (Å²) in [5.74, 6) is 0.505. The summed E-state index contributed by atoms with van der Waals surface area (Å²) < 4.78 is 2.08. The maximum absolute atomic E-state index is 6.26. The van der Waals surface area contributed by atoms with E-state index in [-0.39, 0.29) is 0 Å². The highest BCUT2D eigenvalue weighted by atomic mass is 35.5. The Bertz CT molecular complexity index is 961. The number of nitrogens with zero attached hydrogens (tertiary/aromatic N) is 2. The molecule has 0 atom stereocenters. The highest BCUT2D eigenvalue weighted by Crippen LogP contribution is 2.18. The van der Waals surface area contributed by atoms with Crippen molar-refractivity contribution in [2.45, 2.75) is 26.3 Å². The minimum Gasteiger partial charge on any atom is -0.342 e. The van der Waals surface area contributed by atoms with Crippen LogP contribution in [-0.4, -0.2) is 15.9 Å². The molecule has 0 bridgehead atoms. The van der Waals surface area contributed by atoms with E-state index in [0.717, 1.165) is 22.0 Å². The average Bonchev–Trinajstić information content (AvgIpc) is 3.11. The summed E-state index contributed by atoms with van der Waals surface area (Å²) in [5.41, 5.74) is 7.10. The molecular weight excluding hydrogens is 388 g/mol. The van der Waals surface area contributed by atoms with Crippen molar-refractivity contribution in [1.29, 1.82) is 0 Å². The minimum atomic E-state index is 0.442. The lowest BCUT2D eigenvalue weighted by molar-refractivity contribution is 0.799. The summed E-state index contributed by atoms with van der Waals surface area (Å²) in [6.45, 7) is 5.02. The average molecular weight is 411 g/mol. The third-order valence-corrected chi connectivity index (χ3v) is 4.92. The van der Waals surface area contributed by atoms with Gasteiger partial charge in [0.25, 0.3) is 0 Å². The zero-order valence-electron chi connectivity index (χ0n) is 15.9. The summed E-state index contributed by atoms with van der Waals surface area (Å²) in [7, 11) is 0. The first-order valence-corrected chi connectivity index (χ1v) is 9.90. The number of nitrogens with one attached hydrogen (secondary N) is 2. The number of anilines is 1. The van der Waals surface area contributed by atoms with Gasteiger partial charge in [0.15, 0.2) is 5.11 Å². The molecule has 0 aliphatic rings. The van der Waals surface area contributed by atoms with Gasteiger partial charge in [-0.1, -0.05) is 55.8 Å². The molecule has 2 aromatic carbocycles. The highest BCUT2D eigenvalue weighted by molar-refractivity contribution is 7.80. The second-order valence-electron chi connectivity index (χ2n) is 6.75. The lowest BCUT2D eigenvalue weighted by Gasteiger charge is -2.10. The lowest BCUT2D eigenvalue weighted by Crippen LogP contribution is -2.24. The topological polar surface area (TPSA) is 41.4 Å². The van der Waals surface area contributed by atoms with E-state index in [0.29, 0.717) is 17.6 Å². The second kappa shape index (κ2) is 9.53. The van der Waals surface area contributed by atoms with Crippen molar-refractivity contribution in [2.75, 3.05) is 5.32 Å². The molecule has 2 N–H and O–H groups in total. The molecule has 3 aromatic rings. The van der Waals surface area contributed by atoms with E-state index in [1.165, 1.54) is 5.56 Å². The normalized spacial score (nSPS) is 11.1. The molecule has 3 rings (SSSR count). The van der Waals surface area contributed by atoms with E-state index in [4.69, 9.17) is 23.8 Å². The highest BCUT2D eigenvalue weighted by Gasteiger charge is 2.04. The molecule has 0 saturated heterocycles. The van der Waals surface area contributed by atoms with Crippen molar-refractivity contribution in [3.05, 3.63) is 88.7 Å². The third kappa shape index (κ3) is 5.44. The Morgan fingerprint density at radius 1 is 1.11 bits per heavy atom. The van der Waals surface area contributed by atoms with Gasteiger partial charge in [0.1, 0.15) is 0 Å². The standard InChI is InChI=1S/C22H23ClN4S/c1-16(2)17-9-11-19(12-10-17)25-22(28)26-24-14-20-7-5-13-27(20)15-18-6-3-4-8-21(18)23/h3-14,16H,15H2,1-2H3,(H2,25,26,28)/b24-14+. The Labute approximate surface area is 176 Å². The number of hydrogen-bond donors (Lipinski definition) is 2. The molecule has 0 unspecified atom stereocenters. The molecule has 28 heavy (non-hydrogen) atoms. The molecule has 1 aromatic heterocycles. The van der Waals surface area contributed by atoms with Gasteiger partial charge in [0.05, 0.1) is 11.9 Å². The van der Waals surface area contributed by atoms with Crippen LogP contribution >= 0.6 is 23.8 Å². The SMILES string of the molecule is CC(C)c1ccc(NC(=S)N/N=C/c2cccn2Cc2ccccc2Cl)cc1. The molecule has 6 heteroatoms. The first kappa shape index (κ1) is 20.1. The third-order valence-electron chi connectivity index (χ3n) is 4.36. The molecule has 0 aliphatic heterocycles. The van der Waals surface area contributed by atoms with Crippen molar-refractivity contribution in [2.24, 2.45) is 5.10 Å². The van der Waals surface area contributed by atoms with Gasteiger partial charge in [-0.3, -0.25) is 5.43 Å². The van der Waals surface area contributed by atoms with E-state index < -0.39 is 0 Å². The summed E-state index contributed by atoms with van der Waals surface area (Å²) in [6, 6.07) is 20.0. The van der Waals surface area contributed by atoms with Crippen LogP contribution in [0.5, 0.6) is 0 Å². The minimum absolute atomic E-state index is 0.442. The van der Waals surface area contributed by atoms with Crippen LogP contribution in [0.4, 0.5) is 5.69 Å². The quantitative estimate of drug-likeness (QED) is 0.314. The largest absolute Gasteiger partial charge is 0.342 e. The van der Waals surface area contributed by atoms with Crippen molar-refractivity contribution in [3.8, 4) is 0 Å². The van der Waals surface area contributed by atoms with Gasteiger partial charge < -0.3 is 9.88 Å². The molecule has 4 nitrogen and oxygen atoms in total. The fraction of sp³-hybridized carbons (Fsp3) is 0.182. The number of hydrazone groups is 1. The number of aromatic nitrogens is 1. The van der Waals surface area contributed by atoms with E-state index in [9.17, 15) is 0 Å². The van der Waals surface area contributed by atoms with Crippen LogP contribution in [0.1, 0.15) is 36.6 Å². The number of thiocarbonyl (C=S) groups is 1. The van der Waals surface area contributed by atoms with Gasteiger partial charge in [-0.25, -0.2) is 0 Å². The number of rotatable bonds is 6. The van der Waals surface area contributed by atoms with E-state index in [2.05, 4.69) is 46.4 Å². The second-order valence-corrected chi connectivity index (χ2v) is 7.57. The Balaban J connectivity index is 1.57. The van der Waals surface area contributed by atoms with Gasteiger partial charge in [0.2, 0.25) is 0 Å². The predicted molar refractivity (Wildman–Crippen MR) is 122 cm³/mol. The van der Waals surface area contributed by atoms with Gasteiger partial charge >= 0.3 is 0 Å². The zero-order chi connectivity index (χ0) is 19.9. The molecule has 0 fully saturated rings. The molecule has 0 spiro atoms. The smallest absolute Gasteiger partial charge is 0.191 e. The van der Waals surface area contributed by atoms with Crippen LogP contribution in [0, 0.1) is 0 Å². The van der Waals surface area contributed by atoms with Crippen LogP contribution in [0.15, 0.2) is 72.0 Å². The first-order valence-electron chi connectivity index (χ1n) is 9.11. The Hall–Kier alpha value is -2.63. The summed E-state index contributed by atoms with van der Waals surface area (Å²) in [4.78, 5) is 0. The van der Waals surface area contributed by atoms with Crippen molar-refractivity contribution >= 4 is 40.8 Å². The molecule has 0 radical (unpaired) electrons. The summed E-state index contributed by atoms with van der Waals surface area (Å²) in [6.07, 6.45) is 3.74. The zero-order valence-corrected chi connectivity index (χ0v) is 17.5. The molecule has 1 heterocycles. The monoisotopic (exact) mass is 410 g/mol. The van der Waals surface area contributed by atoms with E-state index >= 15 is 0 Å². The van der Waals surface area contributed by atoms with Gasteiger partial charge in [-0.2, -0.15) is 5.10 Å². The predicted octanol–water partition coefficient (Wildman–Crippen LogP) is 5.63. The summed E-state index contributed by atoms with van der Waals surface area (Å²) in [5, 5.41) is 8.58. The maximum atomic E-state index is 6.26. The van der Waals surface area contributed by atoms with Crippen LogP contribution in [0.3, 0.4) is 0 Å². The molecular formula is C22H23ClN4S. The number of benzene rings is 2. The van der Waals surface area contributed by atoms with Crippen molar-refractivity contribution in [3.63, 3.8) is 0 Å². The molecule has 0 saturated carbocycles. The Kier molecular flexibility index (Phi) is 6.85. The number of halogens is 1. The number of hydrogen-bond acceptors (Lipinski definition) is 2. The molecule has 0 aliphatic carbocycles. The lowest BCUT2D eigenvalue weighted by atomic mass is 10.0. The van der Waals surface area contributed by atoms with Crippen LogP contribution in [0.2, 0.25) is 5.02 Å². The van der Waals surface area contributed by atoms with Crippen LogP contribution in [0.25, 0.3) is 0 Å². The fourth-order valence-corrected chi connectivity index (χ4v) is 3.13.